The number of aliphatic hydroxyl groups is 2. The van der Waals surface area contributed by atoms with E-state index in [0.717, 1.165) is 89.9 Å². The quantitative estimate of drug-likeness (QED) is 0.0245. The lowest BCUT2D eigenvalue weighted by Crippen LogP contribution is -2.46. The monoisotopic (exact) mass is 868 g/mol. The van der Waals surface area contributed by atoms with Crippen LogP contribution in [0.1, 0.15) is 258 Å². The Kier molecular flexibility index (Phi) is 47.6. The van der Waals surface area contributed by atoms with Crippen LogP contribution in [0.5, 0.6) is 0 Å². The molecule has 0 heterocycles. The first-order chi connectivity index (χ1) is 30.5. The molecule has 1 amide bonds. The van der Waals surface area contributed by atoms with Crippen molar-refractivity contribution >= 4 is 11.9 Å². The number of amides is 1. The minimum absolute atomic E-state index is 0.0444. The van der Waals surface area contributed by atoms with Crippen LogP contribution in [-0.4, -0.2) is 46.9 Å². The molecule has 0 aliphatic heterocycles. The third-order valence-corrected chi connectivity index (χ3v) is 11.8. The molecule has 0 saturated heterocycles. The molecule has 3 N–H and O–H groups in total. The summed E-state index contributed by atoms with van der Waals surface area (Å²) in [5.41, 5.74) is 0. The number of esters is 1. The molecule has 6 heteroatoms. The van der Waals surface area contributed by atoms with E-state index in [1.165, 1.54) is 122 Å². The number of hydrogen-bond acceptors (Lipinski definition) is 5. The minimum atomic E-state index is -0.801. The van der Waals surface area contributed by atoms with Crippen molar-refractivity contribution in [1.82, 2.24) is 5.32 Å². The van der Waals surface area contributed by atoms with Crippen LogP contribution in [0.15, 0.2) is 60.8 Å². The van der Waals surface area contributed by atoms with Crippen LogP contribution in [0.4, 0.5) is 0 Å². The Morgan fingerprint density at radius 3 is 1.39 bits per heavy atom. The third kappa shape index (κ3) is 44.2. The highest BCUT2D eigenvalue weighted by molar-refractivity contribution is 5.77. The first-order valence-corrected chi connectivity index (χ1v) is 26.5. The number of unbranched alkanes of at least 4 members (excludes halogenated alkanes) is 26. The number of aliphatic hydroxyl groups excluding tert-OH is 2. The zero-order valence-corrected chi connectivity index (χ0v) is 41.0. The molecule has 0 bridgehead atoms. The van der Waals surface area contributed by atoms with Crippen molar-refractivity contribution in [3.8, 4) is 0 Å². The summed E-state index contributed by atoms with van der Waals surface area (Å²) in [6.07, 6.45) is 61.4. The van der Waals surface area contributed by atoms with Crippen LogP contribution in [0.3, 0.4) is 0 Å². The normalized spacial score (nSPS) is 13.7. The van der Waals surface area contributed by atoms with Crippen LogP contribution >= 0.6 is 0 Å². The van der Waals surface area contributed by atoms with E-state index in [1.807, 2.05) is 0 Å². The second kappa shape index (κ2) is 49.6. The molecule has 3 unspecified atom stereocenters. The van der Waals surface area contributed by atoms with Gasteiger partial charge in [0.15, 0.2) is 0 Å². The molecule has 6 nitrogen and oxygen atoms in total. The van der Waals surface area contributed by atoms with Gasteiger partial charge in [-0.3, -0.25) is 9.59 Å². The lowest BCUT2D eigenvalue weighted by molar-refractivity contribution is -0.151. The lowest BCUT2D eigenvalue weighted by Gasteiger charge is -2.24. The number of carbonyl (C=O) groups excluding carboxylic acids is 2. The molecule has 360 valence electrons. The maximum Gasteiger partial charge on any atom is 0.306 e. The zero-order valence-electron chi connectivity index (χ0n) is 41.0. The molecule has 62 heavy (non-hydrogen) atoms. The molecule has 0 aromatic rings. The summed E-state index contributed by atoms with van der Waals surface area (Å²) in [4.78, 5) is 26.1. The maximum absolute atomic E-state index is 13.2. The SMILES string of the molecule is CCCCC/C=C\C/C=C\C/C=C\CCCCC(CC(=O)NC(CO)C(O)CCCCCCCCCCCC)OC(=O)CCCCCCC/C=C/C=C/CCCCCCCCC. The summed E-state index contributed by atoms with van der Waals surface area (Å²) in [5.74, 6) is -0.527. The van der Waals surface area contributed by atoms with Gasteiger partial charge in [-0.05, 0) is 89.9 Å². The van der Waals surface area contributed by atoms with Gasteiger partial charge in [-0.15, -0.1) is 0 Å². The summed E-state index contributed by atoms with van der Waals surface area (Å²) < 4.78 is 5.92. The fourth-order valence-corrected chi connectivity index (χ4v) is 7.78. The van der Waals surface area contributed by atoms with Crippen molar-refractivity contribution in [1.29, 1.82) is 0 Å². The Morgan fingerprint density at radius 1 is 0.484 bits per heavy atom. The molecule has 0 aliphatic rings. The predicted octanol–water partition coefficient (Wildman–Crippen LogP) is 16.0. The maximum atomic E-state index is 13.2. The summed E-state index contributed by atoms with van der Waals surface area (Å²) in [5, 5.41) is 23.7. The van der Waals surface area contributed by atoms with Crippen molar-refractivity contribution in [3.05, 3.63) is 60.8 Å². The molecule has 0 aromatic heterocycles. The number of nitrogens with one attached hydrogen (secondary N) is 1. The van der Waals surface area contributed by atoms with Crippen LogP contribution in [0, 0.1) is 0 Å². The zero-order chi connectivity index (χ0) is 45.2. The summed E-state index contributed by atoms with van der Waals surface area (Å²) in [7, 11) is 0. The van der Waals surface area contributed by atoms with E-state index in [1.54, 1.807) is 0 Å². The highest BCUT2D eigenvalue weighted by Gasteiger charge is 2.24. The van der Waals surface area contributed by atoms with E-state index in [9.17, 15) is 19.8 Å². The van der Waals surface area contributed by atoms with Gasteiger partial charge in [0, 0.05) is 6.42 Å². The number of hydrogen-bond donors (Lipinski definition) is 3. The average molecular weight is 868 g/mol. The van der Waals surface area contributed by atoms with Crippen LogP contribution in [-0.2, 0) is 14.3 Å². The van der Waals surface area contributed by atoms with E-state index in [0.29, 0.717) is 19.3 Å². The molecular weight excluding hydrogens is 767 g/mol. The molecule has 0 aliphatic carbocycles. The second-order valence-corrected chi connectivity index (χ2v) is 17.9. The van der Waals surface area contributed by atoms with Gasteiger partial charge in [-0.1, -0.05) is 216 Å². The van der Waals surface area contributed by atoms with Gasteiger partial charge < -0.3 is 20.3 Å². The van der Waals surface area contributed by atoms with Crippen molar-refractivity contribution in [3.63, 3.8) is 0 Å². The number of ether oxygens (including phenoxy) is 1. The Hall–Kier alpha value is -2.44. The topological polar surface area (TPSA) is 95.9 Å². The number of allylic oxidation sites excluding steroid dienone is 10. The summed E-state index contributed by atoms with van der Waals surface area (Å²) >= 11 is 0. The summed E-state index contributed by atoms with van der Waals surface area (Å²) in [6, 6.07) is -0.718. The lowest BCUT2D eigenvalue weighted by atomic mass is 10.0. The van der Waals surface area contributed by atoms with Crippen molar-refractivity contribution in [2.75, 3.05) is 6.61 Å². The predicted molar refractivity (Wildman–Crippen MR) is 268 cm³/mol. The molecule has 0 saturated carbocycles. The fourth-order valence-electron chi connectivity index (χ4n) is 7.78. The Labute approximate surface area is 384 Å². The summed E-state index contributed by atoms with van der Waals surface area (Å²) in [6.45, 7) is 6.43. The van der Waals surface area contributed by atoms with Gasteiger partial charge >= 0.3 is 5.97 Å². The number of rotatable bonds is 47. The van der Waals surface area contributed by atoms with Crippen LogP contribution in [0.2, 0.25) is 0 Å². The van der Waals surface area contributed by atoms with E-state index >= 15 is 0 Å². The number of carbonyl (C=O) groups is 2. The molecule has 3 atom stereocenters. The molecule has 0 fully saturated rings. The molecule has 0 spiro atoms. The third-order valence-electron chi connectivity index (χ3n) is 11.8. The standard InChI is InChI=1S/C56H101NO5/c1-4-7-10-13-16-19-22-24-26-27-28-30-32-34-37-40-43-46-49-56(61)62-52(47-44-41-38-35-33-31-29-25-23-20-17-14-11-8-5-2)50-55(60)57-53(51-58)54(59)48-45-42-39-36-21-18-15-12-9-6-3/h17,20,25-30,33,35,52-54,58-59H,4-16,18-19,21-24,31-32,34,36-51H2,1-3H3,(H,57,60)/b20-17-,27-26+,29-25-,30-28+,35-33-. The minimum Gasteiger partial charge on any atom is -0.462 e. The van der Waals surface area contributed by atoms with Crippen molar-refractivity contribution in [2.24, 2.45) is 0 Å². The highest BCUT2D eigenvalue weighted by atomic mass is 16.5. The van der Waals surface area contributed by atoms with Crippen LogP contribution in [0.25, 0.3) is 0 Å². The van der Waals surface area contributed by atoms with Crippen molar-refractivity contribution in [2.45, 2.75) is 277 Å². The van der Waals surface area contributed by atoms with Gasteiger partial charge in [0.1, 0.15) is 6.10 Å². The molecule has 0 radical (unpaired) electrons. The fraction of sp³-hybridized carbons (Fsp3) is 0.786. The van der Waals surface area contributed by atoms with Crippen LogP contribution < -0.4 is 5.32 Å². The van der Waals surface area contributed by atoms with Gasteiger partial charge in [0.05, 0.1) is 25.2 Å². The Morgan fingerprint density at radius 2 is 0.871 bits per heavy atom. The first-order valence-electron chi connectivity index (χ1n) is 26.5. The van der Waals surface area contributed by atoms with E-state index in [-0.39, 0.29) is 24.9 Å². The molecule has 0 rings (SSSR count). The second-order valence-electron chi connectivity index (χ2n) is 17.9. The highest BCUT2D eigenvalue weighted by Crippen LogP contribution is 2.17. The Balaban J connectivity index is 4.66. The van der Waals surface area contributed by atoms with Crippen molar-refractivity contribution < 1.29 is 24.5 Å². The first kappa shape index (κ1) is 59.6. The molecule has 0 aromatic carbocycles. The van der Waals surface area contributed by atoms with Gasteiger partial charge in [0.25, 0.3) is 0 Å². The largest absolute Gasteiger partial charge is 0.462 e. The van der Waals surface area contributed by atoms with E-state index in [2.05, 4.69) is 86.8 Å². The molecular formula is C56H101NO5. The Bertz CT molecular complexity index is 1110. The van der Waals surface area contributed by atoms with Gasteiger partial charge in [-0.2, -0.15) is 0 Å². The average Bonchev–Trinajstić information content (AvgIpc) is 3.26. The van der Waals surface area contributed by atoms with Gasteiger partial charge in [-0.25, -0.2) is 0 Å². The van der Waals surface area contributed by atoms with Gasteiger partial charge in [0.2, 0.25) is 5.91 Å². The van der Waals surface area contributed by atoms with E-state index in [4.69, 9.17) is 4.74 Å². The smallest absolute Gasteiger partial charge is 0.306 e. The van der Waals surface area contributed by atoms with E-state index < -0.39 is 18.2 Å².